The van der Waals surface area contributed by atoms with Gasteiger partial charge in [0, 0.05) is 26.7 Å². The molecule has 3 rings (SSSR count). The second-order valence-electron chi connectivity index (χ2n) is 7.46. The number of ether oxygens (including phenoxy) is 1. The summed E-state index contributed by atoms with van der Waals surface area (Å²) in [7, 11) is -0.624. The highest BCUT2D eigenvalue weighted by molar-refractivity contribution is 7.89. The van der Waals surface area contributed by atoms with E-state index in [0.29, 0.717) is 12.1 Å². The number of sulfonamides is 1. The molecule has 0 spiro atoms. The van der Waals surface area contributed by atoms with Gasteiger partial charge in [-0.2, -0.15) is 0 Å². The Morgan fingerprint density at radius 1 is 1.29 bits per heavy atom. The maximum absolute atomic E-state index is 12.7. The monoisotopic (exact) mass is 409 g/mol. The van der Waals surface area contributed by atoms with Crippen molar-refractivity contribution in [3.05, 3.63) is 29.8 Å². The average molecular weight is 410 g/mol. The fourth-order valence-corrected chi connectivity index (χ4v) is 5.04. The quantitative estimate of drug-likeness (QED) is 0.720. The minimum Gasteiger partial charge on any atom is -0.459 e. The van der Waals surface area contributed by atoms with E-state index >= 15 is 0 Å². The summed E-state index contributed by atoms with van der Waals surface area (Å²) in [6, 6.07) is 5.64. The second kappa shape index (κ2) is 8.08. The Morgan fingerprint density at radius 2 is 2.04 bits per heavy atom. The number of esters is 1. The molecule has 154 valence electrons. The SMILES string of the molecule is CCNC(=O)N1C2CCC(C2)C1C(=O)OCc1cccc(S(=O)(=O)N(C)C)c1. The smallest absolute Gasteiger partial charge is 0.329 e. The first-order valence-electron chi connectivity index (χ1n) is 9.50. The van der Waals surface area contributed by atoms with E-state index in [-0.39, 0.29) is 29.5 Å². The van der Waals surface area contributed by atoms with Crippen LogP contribution in [0.4, 0.5) is 4.79 Å². The van der Waals surface area contributed by atoms with E-state index in [1.54, 1.807) is 17.0 Å². The van der Waals surface area contributed by atoms with Gasteiger partial charge >= 0.3 is 12.0 Å². The maximum Gasteiger partial charge on any atom is 0.329 e. The molecule has 2 bridgehead atoms. The predicted octanol–water partition coefficient (Wildman–Crippen LogP) is 1.56. The molecule has 1 saturated heterocycles. The highest BCUT2D eigenvalue weighted by atomic mass is 32.2. The van der Waals surface area contributed by atoms with Gasteiger partial charge in [-0.15, -0.1) is 0 Å². The van der Waals surface area contributed by atoms with Gasteiger partial charge in [0.15, 0.2) is 0 Å². The molecule has 3 unspecified atom stereocenters. The van der Waals surface area contributed by atoms with Gasteiger partial charge in [0.1, 0.15) is 12.6 Å². The van der Waals surface area contributed by atoms with Crippen LogP contribution in [-0.2, 0) is 26.2 Å². The van der Waals surface area contributed by atoms with Gasteiger partial charge in [0.2, 0.25) is 10.0 Å². The van der Waals surface area contributed by atoms with Crippen molar-refractivity contribution in [3.63, 3.8) is 0 Å². The fraction of sp³-hybridized carbons (Fsp3) is 0.579. The van der Waals surface area contributed by atoms with E-state index in [1.165, 1.54) is 26.2 Å². The summed E-state index contributed by atoms with van der Waals surface area (Å²) in [5.41, 5.74) is 0.587. The number of carbonyl (C=O) groups excluding carboxylic acids is 2. The second-order valence-corrected chi connectivity index (χ2v) is 9.61. The minimum absolute atomic E-state index is 0.0350. The number of piperidine rings is 1. The molecule has 1 aliphatic heterocycles. The summed E-state index contributed by atoms with van der Waals surface area (Å²) >= 11 is 0. The number of rotatable bonds is 6. The zero-order valence-electron chi connectivity index (χ0n) is 16.4. The molecule has 9 heteroatoms. The van der Waals surface area contributed by atoms with Crippen molar-refractivity contribution in [3.8, 4) is 0 Å². The number of carbonyl (C=O) groups is 2. The summed E-state index contributed by atoms with van der Waals surface area (Å²) in [5, 5.41) is 2.77. The van der Waals surface area contributed by atoms with Gasteiger partial charge in [-0.1, -0.05) is 12.1 Å². The van der Waals surface area contributed by atoms with Gasteiger partial charge in [0.25, 0.3) is 0 Å². The van der Waals surface area contributed by atoms with Gasteiger partial charge in [-0.3, -0.25) is 0 Å². The third-order valence-electron chi connectivity index (χ3n) is 5.45. The molecule has 1 N–H and O–H groups in total. The molecule has 28 heavy (non-hydrogen) atoms. The van der Waals surface area contributed by atoms with E-state index in [4.69, 9.17) is 4.74 Å². The third kappa shape index (κ3) is 3.86. The van der Waals surface area contributed by atoms with Crippen LogP contribution in [0.25, 0.3) is 0 Å². The molecule has 3 atom stereocenters. The maximum atomic E-state index is 12.7. The van der Waals surface area contributed by atoms with Crippen LogP contribution in [0.3, 0.4) is 0 Å². The Bertz CT molecular complexity index is 855. The summed E-state index contributed by atoms with van der Waals surface area (Å²) < 4.78 is 31.1. The Kier molecular flexibility index (Phi) is 5.95. The predicted molar refractivity (Wildman–Crippen MR) is 103 cm³/mol. The van der Waals surface area contributed by atoms with Crippen LogP contribution in [0.2, 0.25) is 0 Å². The number of hydrogen-bond acceptors (Lipinski definition) is 5. The van der Waals surface area contributed by atoms with Crippen molar-refractivity contribution < 1.29 is 22.7 Å². The zero-order valence-corrected chi connectivity index (χ0v) is 17.2. The summed E-state index contributed by atoms with van der Waals surface area (Å²) in [6.45, 7) is 2.31. The lowest BCUT2D eigenvalue weighted by Gasteiger charge is -2.33. The topological polar surface area (TPSA) is 96.0 Å². The lowest BCUT2D eigenvalue weighted by molar-refractivity contribution is -0.151. The van der Waals surface area contributed by atoms with Crippen LogP contribution in [0.1, 0.15) is 31.7 Å². The van der Waals surface area contributed by atoms with Crippen molar-refractivity contribution >= 4 is 22.0 Å². The van der Waals surface area contributed by atoms with Crippen molar-refractivity contribution in [1.29, 1.82) is 0 Å². The van der Waals surface area contributed by atoms with Crippen molar-refractivity contribution in [2.45, 2.75) is 49.8 Å². The number of fused-ring (bicyclic) bond motifs is 2. The molecule has 1 heterocycles. The van der Waals surface area contributed by atoms with Gasteiger partial charge in [0.05, 0.1) is 4.90 Å². The molecule has 1 saturated carbocycles. The number of nitrogens with one attached hydrogen (secondary N) is 1. The van der Waals surface area contributed by atoms with Crippen LogP contribution in [0.5, 0.6) is 0 Å². The summed E-state index contributed by atoms with van der Waals surface area (Å²) in [4.78, 5) is 26.9. The Labute approximate surface area is 165 Å². The Hall–Kier alpha value is -2.13. The van der Waals surface area contributed by atoms with Crippen LogP contribution < -0.4 is 5.32 Å². The first kappa shape index (κ1) is 20.6. The van der Waals surface area contributed by atoms with E-state index < -0.39 is 22.0 Å². The Balaban J connectivity index is 1.69. The van der Waals surface area contributed by atoms with Gasteiger partial charge in [-0.05, 0) is 49.8 Å². The summed E-state index contributed by atoms with van der Waals surface area (Å²) in [5.74, 6) is -0.306. The largest absolute Gasteiger partial charge is 0.459 e. The molecule has 0 radical (unpaired) electrons. The van der Waals surface area contributed by atoms with Gasteiger partial charge in [-0.25, -0.2) is 22.3 Å². The zero-order chi connectivity index (χ0) is 20.5. The average Bonchev–Trinajstić information content (AvgIpc) is 3.28. The minimum atomic E-state index is -3.56. The van der Waals surface area contributed by atoms with E-state index in [0.717, 1.165) is 23.6 Å². The number of urea groups is 1. The lowest BCUT2D eigenvalue weighted by atomic mass is 9.99. The van der Waals surface area contributed by atoms with Crippen molar-refractivity contribution in [2.75, 3.05) is 20.6 Å². The van der Waals surface area contributed by atoms with Crippen molar-refractivity contribution in [2.24, 2.45) is 5.92 Å². The van der Waals surface area contributed by atoms with Crippen LogP contribution in [0, 0.1) is 5.92 Å². The molecule has 2 amide bonds. The standard InChI is InChI=1S/C19H27N3O5S/c1-4-20-19(24)22-15-9-8-14(11-15)17(22)18(23)27-12-13-6-5-7-16(10-13)28(25,26)21(2)3/h5-7,10,14-15,17H,4,8-9,11-12H2,1-3H3,(H,20,24). The number of nitrogens with zero attached hydrogens (tertiary/aromatic N) is 2. The molecule has 2 aliphatic rings. The number of amides is 2. The van der Waals surface area contributed by atoms with E-state index in [1.807, 2.05) is 6.92 Å². The highest BCUT2D eigenvalue weighted by Gasteiger charge is 2.52. The van der Waals surface area contributed by atoms with E-state index in [9.17, 15) is 18.0 Å². The molecule has 8 nitrogen and oxygen atoms in total. The lowest BCUT2D eigenvalue weighted by Crippen LogP contribution is -2.53. The molecule has 2 fully saturated rings. The normalized spacial score (nSPS) is 23.9. The third-order valence-corrected chi connectivity index (χ3v) is 7.26. The van der Waals surface area contributed by atoms with Crippen molar-refractivity contribution in [1.82, 2.24) is 14.5 Å². The Morgan fingerprint density at radius 3 is 2.71 bits per heavy atom. The fourth-order valence-electron chi connectivity index (χ4n) is 4.07. The number of benzene rings is 1. The van der Waals surface area contributed by atoms with Gasteiger partial charge < -0.3 is 15.0 Å². The first-order chi connectivity index (χ1) is 13.3. The number of likely N-dealkylation sites (tertiary alicyclic amines) is 1. The van der Waals surface area contributed by atoms with E-state index in [2.05, 4.69) is 5.32 Å². The first-order valence-corrected chi connectivity index (χ1v) is 10.9. The molecule has 1 aliphatic carbocycles. The molecule has 0 aromatic heterocycles. The number of hydrogen-bond donors (Lipinski definition) is 1. The van der Waals surface area contributed by atoms with Crippen LogP contribution >= 0.6 is 0 Å². The highest BCUT2D eigenvalue weighted by Crippen LogP contribution is 2.42. The molecular formula is C19H27N3O5S. The summed E-state index contributed by atoms with van der Waals surface area (Å²) in [6.07, 6.45) is 2.65. The molecule has 1 aromatic rings. The molecular weight excluding hydrogens is 382 g/mol. The molecule has 1 aromatic carbocycles. The van der Waals surface area contributed by atoms with Crippen LogP contribution in [-0.4, -0.2) is 62.3 Å². The van der Waals surface area contributed by atoms with Crippen LogP contribution in [0.15, 0.2) is 29.2 Å².